The SMILES string of the molecule is c1ccc(-c2cccc(-c3nc(-c4ccc5c(ccc6ccc(-c7ccccc7)cc65)c4)nc(-c4cccc5oc6c(-c7ccc8ccccc8c7)cccc6c45)n3)c2)cc1. The molecule has 4 heteroatoms. The predicted octanol–water partition coefficient (Wildman–Crippen LogP) is 15.2. The number of nitrogens with zero attached hydrogens (tertiary/aromatic N) is 3. The lowest BCUT2D eigenvalue weighted by molar-refractivity contribution is 0.670. The molecule has 0 aliphatic rings. The fourth-order valence-corrected chi connectivity index (χ4v) is 8.85. The summed E-state index contributed by atoms with van der Waals surface area (Å²) in [5, 5.41) is 9.09. The van der Waals surface area contributed by atoms with Gasteiger partial charge in [0, 0.05) is 33.0 Å². The van der Waals surface area contributed by atoms with Gasteiger partial charge in [0.2, 0.25) is 0 Å². The molecule has 12 rings (SSSR count). The molecule has 10 aromatic carbocycles. The molecule has 0 unspecified atom stereocenters. The van der Waals surface area contributed by atoms with Crippen LogP contribution >= 0.6 is 0 Å². The van der Waals surface area contributed by atoms with Crippen molar-refractivity contribution in [3.05, 3.63) is 212 Å². The lowest BCUT2D eigenvalue weighted by atomic mass is 9.96. The molecule has 0 aliphatic carbocycles. The maximum atomic E-state index is 6.76. The van der Waals surface area contributed by atoms with Crippen molar-refractivity contribution in [3.63, 3.8) is 0 Å². The number of rotatable bonds is 6. The molecule has 0 saturated carbocycles. The van der Waals surface area contributed by atoms with E-state index in [0.717, 1.165) is 66.3 Å². The molecule has 0 spiro atoms. The molecule has 0 fully saturated rings. The summed E-state index contributed by atoms with van der Waals surface area (Å²) < 4.78 is 6.76. The van der Waals surface area contributed by atoms with Crippen molar-refractivity contribution in [2.45, 2.75) is 0 Å². The number of benzene rings is 10. The number of fused-ring (bicyclic) bond motifs is 7. The average Bonchev–Trinajstić information content (AvgIpc) is 3.73. The molecule has 0 saturated heterocycles. The first-order valence-electron chi connectivity index (χ1n) is 20.6. The third-order valence-corrected chi connectivity index (χ3v) is 11.9. The van der Waals surface area contributed by atoms with Crippen LogP contribution in [-0.2, 0) is 0 Å². The van der Waals surface area contributed by atoms with Crippen molar-refractivity contribution < 1.29 is 4.42 Å². The van der Waals surface area contributed by atoms with E-state index in [-0.39, 0.29) is 0 Å². The Bertz CT molecular complexity index is 3650. The van der Waals surface area contributed by atoms with E-state index in [0.29, 0.717) is 17.5 Å². The van der Waals surface area contributed by atoms with Crippen molar-refractivity contribution in [2.24, 2.45) is 0 Å². The first kappa shape index (κ1) is 34.8. The van der Waals surface area contributed by atoms with E-state index in [1.165, 1.54) is 38.1 Å². The summed E-state index contributed by atoms with van der Waals surface area (Å²) in [6.45, 7) is 0. The third-order valence-electron chi connectivity index (χ3n) is 11.9. The highest BCUT2D eigenvalue weighted by Crippen LogP contribution is 2.41. The molecule has 0 atom stereocenters. The molecule has 2 aromatic heterocycles. The predicted molar refractivity (Wildman–Crippen MR) is 252 cm³/mol. The second-order valence-electron chi connectivity index (χ2n) is 15.6. The van der Waals surface area contributed by atoms with Gasteiger partial charge in [-0.25, -0.2) is 15.0 Å². The standard InChI is InChI=1S/C57H35N3O/c1-3-12-36(13-4-1)41-18-9-19-45(33-41)55-58-56(46-30-31-47-43(34-46)29-26-39-25-27-42(35-51(39)47)37-14-5-2-6-15-37)60-57(59-55)50-22-11-23-52-53(50)49-21-10-20-48(54(49)61-52)44-28-24-38-16-7-8-17-40(38)32-44/h1-35H. The fourth-order valence-electron chi connectivity index (χ4n) is 8.85. The smallest absolute Gasteiger partial charge is 0.164 e. The number of hydrogen-bond acceptors (Lipinski definition) is 4. The zero-order valence-corrected chi connectivity index (χ0v) is 33.0. The van der Waals surface area contributed by atoms with Crippen LogP contribution in [0.1, 0.15) is 0 Å². The molecule has 0 aliphatic heterocycles. The van der Waals surface area contributed by atoms with Crippen LogP contribution in [0.4, 0.5) is 0 Å². The molecule has 0 radical (unpaired) electrons. The van der Waals surface area contributed by atoms with Crippen LogP contribution in [0.15, 0.2) is 217 Å². The van der Waals surface area contributed by atoms with Crippen LogP contribution < -0.4 is 0 Å². The highest BCUT2D eigenvalue weighted by Gasteiger charge is 2.20. The zero-order chi connectivity index (χ0) is 40.3. The van der Waals surface area contributed by atoms with Crippen LogP contribution in [-0.4, -0.2) is 15.0 Å². The molecule has 284 valence electrons. The van der Waals surface area contributed by atoms with Gasteiger partial charge in [-0.2, -0.15) is 0 Å². The van der Waals surface area contributed by atoms with E-state index in [2.05, 4.69) is 194 Å². The van der Waals surface area contributed by atoms with Gasteiger partial charge < -0.3 is 4.42 Å². The fraction of sp³-hybridized carbons (Fsp3) is 0. The van der Waals surface area contributed by atoms with E-state index < -0.39 is 0 Å². The van der Waals surface area contributed by atoms with E-state index in [1.54, 1.807) is 0 Å². The lowest BCUT2D eigenvalue weighted by Gasteiger charge is -2.12. The molecular formula is C57H35N3O. The lowest BCUT2D eigenvalue weighted by Crippen LogP contribution is -2.00. The normalized spacial score (nSPS) is 11.6. The minimum atomic E-state index is 0.584. The highest BCUT2D eigenvalue weighted by atomic mass is 16.3. The van der Waals surface area contributed by atoms with Crippen molar-refractivity contribution in [1.82, 2.24) is 15.0 Å². The monoisotopic (exact) mass is 777 g/mol. The van der Waals surface area contributed by atoms with Crippen LogP contribution in [0.3, 0.4) is 0 Å². The Morgan fingerprint density at radius 3 is 1.66 bits per heavy atom. The van der Waals surface area contributed by atoms with Crippen molar-refractivity contribution >= 4 is 54.3 Å². The van der Waals surface area contributed by atoms with Gasteiger partial charge in [-0.05, 0) is 90.5 Å². The van der Waals surface area contributed by atoms with Gasteiger partial charge in [0.15, 0.2) is 17.5 Å². The van der Waals surface area contributed by atoms with E-state index in [1.807, 2.05) is 18.2 Å². The molecule has 4 nitrogen and oxygen atoms in total. The van der Waals surface area contributed by atoms with Gasteiger partial charge in [0.1, 0.15) is 11.2 Å². The topological polar surface area (TPSA) is 51.8 Å². The quantitative estimate of drug-likeness (QED) is 0.158. The summed E-state index contributed by atoms with van der Waals surface area (Å²) in [7, 11) is 0. The molecule has 0 bridgehead atoms. The Morgan fingerprint density at radius 2 is 0.836 bits per heavy atom. The first-order chi connectivity index (χ1) is 30.2. The summed E-state index contributed by atoms with van der Waals surface area (Å²) in [5.41, 5.74) is 11.1. The number of aromatic nitrogens is 3. The van der Waals surface area contributed by atoms with E-state index in [9.17, 15) is 0 Å². The number of hydrogen-bond donors (Lipinski definition) is 0. The average molecular weight is 778 g/mol. The van der Waals surface area contributed by atoms with E-state index >= 15 is 0 Å². The van der Waals surface area contributed by atoms with Crippen LogP contribution in [0.5, 0.6) is 0 Å². The highest BCUT2D eigenvalue weighted by molar-refractivity contribution is 6.15. The summed E-state index contributed by atoms with van der Waals surface area (Å²) >= 11 is 0. The van der Waals surface area contributed by atoms with Crippen molar-refractivity contribution in [3.8, 4) is 67.5 Å². The van der Waals surface area contributed by atoms with Gasteiger partial charge in [0.05, 0.1) is 0 Å². The summed E-state index contributed by atoms with van der Waals surface area (Å²) in [6, 6.07) is 74.7. The second-order valence-corrected chi connectivity index (χ2v) is 15.6. The molecule has 61 heavy (non-hydrogen) atoms. The second kappa shape index (κ2) is 14.3. The van der Waals surface area contributed by atoms with Gasteiger partial charge in [0.25, 0.3) is 0 Å². The number of para-hydroxylation sites is 1. The minimum absolute atomic E-state index is 0.584. The van der Waals surface area contributed by atoms with Gasteiger partial charge in [-0.3, -0.25) is 0 Å². The summed E-state index contributed by atoms with van der Waals surface area (Å²) in [5.74, 6) is 1.79. The Morgan fingerprint density at radius 1 is 0.279 bits per heavy atom. The molecule has 12 aromatic rings. The van der Waals surface area contributed by atoms with E-state index in [4.69, 9.17) is 19.4 Å². The summed E-state index contributed by atoms with van der Waals surface area (Å²) in [4.78, 5) is 15.8. The molecule has 0 N–H and O–H groups in total. The van der Waals surface area contributed by atoms with Gasteiger partial charge in [-0.15, -0.1) is 0 Å². The summed E-state index contributed by atoms with van der Waals surface area (Å²) in [6.07, 6.45) is 0. The van der Waals surface area contributed by atoms with Crippen molar-refractivity contribution in [1.29, 1.82) is 0 Å². The number of furan rings is 1. The maximum absolute atomic E-state index is 6.76. The minimum Gasteiger partial charge on any atom is -0.455 e. The molecular weight excluding hydrogens is 743 g/mol. The Hall–Kier alpha value is -8.21. The Balaban J connectivity index is 1.04. The zero-order valence-electron chi connectivity index (χ0n) is 33.0. The third kappa shape index (κ3) is 6.12. The van der Waals surface area contributed by atoms with Crippen LogP contribution in [0, 0.1) is 0 Å². The van der Waals surface area contributed by atoms with Crippen LogP contribution in [0.2, 0.25) is 0 Å². The Kier molecular flexibility index (Phi) is 8.13. The first-order valence-corrected chi connectivity index (χ1v) is 20.6. The Labute approximate surface area is 352 Å². The largest absolute Gasteiger partial charge is 0.455 e. The van der Waals surface area contributed by atoms with Crippen LogP contribution in [0.25, 0.3) is 122 Å². The molecule has 2 heterocycles. The van der Waals surface area contributed by atoms with Gasteiger partial charge in [-0.1, -0.05) is 182 Å². The van der Waals surface area contributed by atoms with Crippen molar-refractivity contribution in [2.75, 3.05) is 0 Å². The maximum Gasteiger partial charge on any atom is 0.164 e. The van der Waals surface area contributed by atoms with Gasteiger partial charge >= 0.3 is 0 Å². The molecule has 0 amide bonds.